The maximum Gasteiger partial charge on any atom is 0.306 e. The van der Waals surface area contributed by atoms with E-state index >= 15 is 0 Å². The van der Waals surface area contributed by atoms with Gasteiger partial charge in [-0.15, -0.1) is 0 Å². The summed E-state index contributed by atoms with van der Waals surface area (Å²) in [6.07, 6.45) is 7.22. The third kappa shape index (κ3) is 3.07. The van der Waals surface area contributed by atoms with Crippen LogP contribution in [0.2, 0.25) is 0 Å². The minimum atomic E-state index is -0.701. The average Bonchev–Trinajstić information content (AvgIpc) is 3.10. The van der Waals surface area contributed by atoms with Gasteiger partial charge in [-0.3, -0.25) is 4.79 Å². The third-order valence-corrected chi connectivity index (χ3v) is 5.07. The Kier molecular flexibility index (Phi) is 4.18. The summed E-state index contributed by atoms with van der Waals surface area (Å²) in [5.41, 5.74) is 3.97. The largest absolute Gasteiger partial charge is 0.481 e. The van der Waals surface area contributed by atoms with E-state index in [0.717, 1.165) is 25.4 Å². The van der Waals surface area contributed by atoms with Crippen molar-refractivity contribution in [3.8, 4) is 0 Å². The molecule has 114 valence electrons. The lowest BCUT2D eigenvalue weighted by molar-refractivity contribution is -0.141. The van der Waals surface area contributed by atoms with Crippen molar-refractivity contribution in [1.82, 2.24) is 0 Å². The topological polar surface area (TPSA) is 40.5 Å². The molecule has 0 aromatic heterocycles. The van der Waals surface area contributed by atoms with E-state index in [0.29, 0.717) is 6.42 Å². The Labute approximate surface area is 127 Å². The number of benzene rings is 1. The zero-order valence-electron chi connectivity index (χ0n) is 12.8. The van der Waals surface area contributed by atoms with Crippen molar-refractivity contribution in [3.63, 3.8) is 0 Å². The molecule has 1 atom stereocenters. The highest BCUT2D eigenvalue weighted by molar-refractivity contribution is 5.71. The molecule has 1 heterocycles. The fraction of sp³-hybridized carbons (Fsp3) is 0.611. The lowest BCUT2D eigenvalue weighted by Crippen LogP contribution is -2.27. The first kappa shape index (κ1) is 14.4. The molecule has 1 aromatic rings. The molecule has 0 radical (unpaired) electrons. The molecular weight excluding hydrogens is 262 g/mol. The van der Waals surface area contributed by atoms with E-state index in [2.05, 4.69) is 23.1 Å². The Hall–Kier alpha value is -1.51. The van der Waals surface area contributed by atoms with Crippen molar-refractivity contribution < 1.29 is 9.90 Å². The van der Waals surface area contributed by atoms with Crippen molar-refractivity contribution in [1.29, 1.82) is 0 Å². The minimum Gasteiger partial charge on any atom is -0.481 e. The number of nitrogens with zero attached hydrogens (tertiary/aromatic N) is 1. The van der Waals surface area contributed by atoms with Gasteiger partial charge in [-0.25, -0.2) is 0 Å². The van der Waals surface area contributed by atoms with Crippen molar-refractivity contribution >= 4 is 11.7 Å². The van der Waals surface area contributed by atoms with E-state index in [1.165, 1.54) is 42.5 Å². The zero-order valence-corrected chi connectivity index (χ0v) is 12.8. The van der Waals surface area contributed by atoms with Gasteiger partial charge in [0.15, 0.2) is 0 Å². The number of hydrogen-bond donors (Lipinski definition) is 1. The van der Waals surface area contributed by atoms with Crippen LogP contribution in [-0.2, 0) is 17.6 Å². The van der Waals surface area contributed by atoms with Crippen LogP contribution in [-0.4, -0.2) is 24.2 Å². The van der Waals surface area contributed by atoms with Gasteiger partial charge in [0.2, 0.25) is 0 Å². The summed E-state index contributed by atoms with van der Waals surface area (Å²) in [6, 6.07) is 6.41. The van der Waals surface area contributed by atoms with Gasteiger partial charge in [-0.1, -0.05) is 38.0 Å². The van der Waals surface area contributed by atoms with E-state index < -0.39 is 5.97 Å². The lowest BCUT2D eigenvalue weighted by Gasteiger charge is -2.26. The second-order valence-electron chi connectivity index (χ2n) is 6.71. The highest BCUT2D eigenvalue weighted by Crippen LogP contribution is 2.36. The fourth-order valence-corrected chi connectivity index (χ4v) is 3.89. The number of fused-ring (bicyclic) bond motifs is 1. The summed E-state index contributed by atoms with van der Waals surface area (Å²) >= 11 is 0. The standard InChI is InChI=1S/C18H25NO2/c1-13(18(20)21)11-16-8-4-7-15-9-10-19(17(15)16)12-14-5-2-3-6-14/h4,7-8,13-14H,2-3,5-6,9-12H2,1H3,(H,20,21). The molecule has 0 amide bonds. The summed E-state index contributed by atoms with van der Waals surface area (Å²) in [7, 11) is 0. The van der Waals surface area contributed by atoms with Crippen LogP contribution in [0.15, 0.2) is 18.2 Å². The molecule has 0 saturated heterocycles. The molecule has 21 heavy (non-hydrogen) atoms. The first-order chi connectivity index (χ1) is 10.1. The molecule has 1 saturated carbocycles. The van der Waals surface area contributed by atoms with Crippen molar-refractivity contribution in [2.24, 2.45) is 11.8 Å². The van der Waals surface area contributed by atoms with Gasteiger partial charge in [0, 0.05) is 18.8 Å². The van der Waals surface area contributed by atoms with Gasteiger partial charge in [0.1, 0.15) is 0 Å². The highest BCUT2D eigenvalue weighted by Gasteiger charge is 2.27. The molecule has 1 aromatic carbocycles. The molecule has 1 aliphatic heterocycles. The summed E-state index contributed by atoms with van der Waals surface area (Å²) < 4.78 is 0. The van der Waals surface area contributed by atoms with Gasteiger partial charge in [-0.2, -0.15) is 0 Å². The van der Waals surface area contributed by atoms with Gasteiger partial charge in [0.25, 0.3) is 0 Å². The Bertz CT molecular complexity index is 520. The quantitative estimate of drug-likeness (QED) is 0.901. The number of rotatable bonds is 5. The van der Waals surface area contributed by atoms with Gasteiger partial charge in [-0.05, 0) is 42.7 Å². The van der Waals surface area contributed by atoms with Crippen LogP contribution in [0.5, 0.6) is 0 Å². The predicted molar refractivity (Wildman–Crippen MR) is 84.8 cm³/mol. The number of carboxylic acids is 1. The molecule has 1 aliphatic carbocycles. The first-order valence-electron chi connectivity index (χ1n) is 8.23. The average molecular weight is 287 g/mol. The van der Waals surface area contributed by atoms with Crippen LogP contribution in [0.3, 0.4) is 0 Å². The van der Waals surface area contributed by atoms with Crippen molar-refractivity contribution in [3.05, 3.63) is 29.3 Å². The maximum atomic E-state index is 11.2. The third-order valence-electron chi connectivity index (χ3n) is 5.07. The smallest absolute Gasteiger partial charge is 0.306 e. The van der Waals surface area contributed by atoms with Crippen LogP contribution >= 0.6 is 0 Å². The van der Waals surface area contributed by atoms with Gasteiger partial charge in [0.05, 0.1) is 5.92 Å². The number of hydrogen-bond acceptors (Lipinski definition) is 2. The van der Waals surface area contributed by atoms with Crippen LogP contribution in [0.4, 0.5) is 5.69 Å². The number of carboxylic acid groups (broad SMARTS) is 1. The molecule has 1 N–H and O–H groups in total. The van der Waals surface area contributed by atoms with Crippen molar-refractivity contribution in [2.75, 3.05) is 18.0 Å². The van der Waals surface area contributed by atoms with Gasteiger partial charge >= 0.3 is 5.97 Å². The van der Waals surface area contributed by atoms with E-state index in [4.69, 9.17) is 0 Å². The molecule has 3 nitrogen and oxygen atoms in total. The van der Waals surface area contributed by atoms with Crippen molar-refractivity contribution in [2.45, 2.75) is 45.4 Å². The second kappa shape index (κ2) is 6.08. The summed E-state index contributed by atoms with van der Waals surface area (Å²) in [6.45, 7) is 4.06. The molecule has 0 bridgehead atoms. The molecule has 3 rings (SSSR count). The number of aliphatic carboxylic acids is 1. The summed E-state index contributed by atoms with van der Waals surface area (Å²) in [4.78, 5) is 13.7. The van der Waals surface area contributed by atoms with E-state index in [1.54, 1.807) is 6.92 Å². The number of para-hydroxylation sites is 1. The molecule has 3 heteroatoms. The maximum absolute atomic E-state index is 11.2. The minimum absolute atomic E-state index is 0.314. The number of anilines is 1. The molecule has 2 aliphatic rings. The number of carbonyl (C=O) groups is 1. The van der Waals surface area contributed by atoms with E-state index in [-0.39, 0.29) is 5.92 Å². The Morgan fingerprint density at radius 3 is 2.86 bits per heavy atom. The molecule has 1 fully saturated rings. The van der Waals surface area contributed by atoms with E-state index in [1.807, 2.05) is 0 Å². The SMILES string of the molecule is CC(Cc1cccc2c1N(CC1CCCC1)CC2)C(=O)O. The molecule has 0 spiro atoms. The van der Waals surface area contributed by atoms with Crippen LogP contribution < -0.4 is 4.90 Å². The Balaban J connectivity index is 1.80. The normalized spacial score (nSPS) is 19.8. The Morgan fingerprint density at radius 1 is 1.38 bits per heavy atom. The highest BCUT2D eigenvalue weighted by atomic mass is 16.4. The van der Waals surface area contributed by atoms with Gasteiger partial charge < -0.3 is 10.0 Å². The van der Waals surface area contributed by atoms with Crippen LogP contribution in [0.1, 0.15) is 43.7 Å². The molecular formula is C18H25NO2. The lowest BCUT2D eigenvalue weighted by atomic mass is 9.97. The zero-order chi connectivity index (χ0) is 14.8. The monoisotopic (exact) mass is 287 g/mol. The summed E-state index contributed by atoms with van der Waals surface area (Å²) in [5.74, 6) is -0.181. The first-order valence-corrected chi connectivity index (χ1v) is 8.23. The second-order valence-corrected chi connectivity index (χ2v) is 6.71. The summed E-state index contributed by atoms with van der Waals surface area (Å²) in [5, 5.41) is 9.17. The van der Waals surface area contributed by atoms with E-state index in [9.17, 15) is 9.90 Å². The Morgan fingerprint density at radius 2 is 2.14 bits per heavy atom. The van der Waals surface area contributed by atoms with Crippen LogP contribution in [0.25, 0.3) is 0 Å². The predicted octanol–water partition coefficient (Wildman–Crippen LogP) is 3.50. The fourth-order valence-electron chi connectivity index (χ4n) is 3.89. The van der Waals surface area contributed by atoms with Crippen LogP contribution in [0, 0.1) is 11.8 Å². The molecule has 1 unspecified atom stereocenters.